The standard InChI is InChI=1S/C18H14O8.2C15H21NO3/c19-11-24-18(26-17(23)13-9-5-2-6-10-13)14(15(20)21)25-16(22)12-7-3-1-4-8-12;2*1-10-7-11(18-3)8-14(19-4)15(10)12-5-6-16(2)9-13(12)17/h1-11,14,18H,(H,20,21);2*7-8,12H,5-6,9H2,1-4H3/t14-,18+;2*12-/m100/s1. The maximum Gasteiger partial charge on any atom is 0.353 e. The summed E-state index contributed by atoms with van der Waals surface area (Å²) in [6, 6.07) is 22.9. The molecule has 0 saturated carbocycles. The van der Waals surface area contributed by atoms with E-state index in [1.165, 1.54) is 24.3 Å². The van der Waals surface area contributed by atoms with Gasteiger partial charge in [-0.3, -0.25) is 24.2 Å². The zero-order chi connectivity index (χ0) is 46.9. The van der Waals surface area contributed by atoms with Crippen LogP contribution >= 0.6 is 0 Å². The summed E-state index contributed by atoms with van der Waals surface area (Å²) in [6.45, 7) is 6.81. The summed E-state index contributed by atoms with van der Waals surface area (Å²) in [5.41, 5.74) is 4.32. The molecule has 342 valence electrons. The first-order chi connectivity index (χ1) is 30.6. The first-order valence-electron chi connectivity index (χ1n) is 20.4. The van der Waals surface area contributed by atoms with Crippen LogP contribution in [0.5, 0.6) is 23.0 Å². The molecule has 0 aliphatic carbocycles. The Balaban J connectivity index is 0.000000214. The molecular formula is C48H56N2O14. The number of benzene rings is 4. The van der Waals surface area contributed by atoms with E-state index in [9.17, 15) is 33.9 Å². The number of ketones is 2. The van der Waals surface area contributed by atoms with Crippen LogP contribution in [-0.2, 0) is 33.4 Å². The van der Waals surface area contributed by atoms with Crippen LogP contribution in [0.1, 0.15) is 67.6 Å². The third-order valence-electron chi connectivity index (χ3n) is 10.6. The number of carboxylic acids is 1. The number of carboxylic acid groups (broad SMARTS) is 1. The molecule has 0 bridgehead atoms. The predicted molar refractivity (Wildman–Crippen MR) is 234 cm³/mol. The fraction of sp³-hybridized carbons (Fsp3) is 0.375. The Morgan fingerprint density at radius 3 is 1.39 bits per heavy atom. The van der Waals surface area contributed by atoms with Crippen molar-refractivity contribution in [2.24, 2.45) is 0 Å². The molecule has 0 spiro atoms. The van der Waals surface area contributed by atoms with Crippen molar-refractivity contribution in [3.63, 3.8) is 0 Å². The summed E-state index contributed by atoms with van der Waals surface area (Å²) in [4.78, 5) is 74.8. The summed E-state index contributed by atoms with van der Waals surface area (Å²) in [7, 11) is 10.5. The van der Waals surface area contributed by atoms with Crippen LogP contribution in [0.15, 0.2) is 84.9 Å². The lowest BCUT2D eigenvalue weighted by molar-refractivity contribution is -0.187. The maximum absolute atomic E-state index is 12.3. The Hall–Kier alpha value is -6.78. The second-order valence-corrected chi connectivity index (χ2v) is 15.1. The van der Waals surface area contributed by atoms with Gasteiger partial charge in [-0.15, -0.1) is 0 Å². The van der Waals surface area contributed by atoms with E-state index in [2.05, 4.69) is 14.5 Å². The molecule has 0 aromatic heterocycles. The normalized spacial score (nSPS) is 17.1. The van der Waals surface area contributed by atoms with Gasteiger partial charge in [-0.2, -0.15) is 0 Å². The highest BCUT2D eigenvalue weighted by molar-refractivity contribution is 5.92. The zero-order valence-corrected chi connectivity index (χ0v) is 37.4. The average Bonchev–Trinajstić information content (AvgIpc) is 3.29. The van der Waals surface area contributed by atoms with E-state index in [0.717, 1.165) is 71.2 Å². The van der Waals surface area contributed by atoms with Crippen molar-refractivity contribution < 1.29 is 67.0 Å². The van der Waals surface area contributed by atoms with E-state index in [0.29, 0.717) is 13.1 Å². The van der Waals surface area contributed by atoms with Gasteiger partial charge < -0.3 is 38.3 Å². The minimum absolute atomic E-state index is 0.0583. The number of ether oxygens (including phenoxy) is 7. The van der Waals surface area contributed by atoms with Crippen LogP contribution < -0.4 is 18.9 Å². The number of likely N-dealkylation sites (tertiary alicyclic amines) is 2. The first kappa shape index (κ1) is 49.9. The van der Waals surface area contributed by atoms with E-state index in [1.54, 1.807) is 64.8 Å². The van der Waals surface area contributed by atoms with Crippen molar-refractivity contribution >= 4 is 35.9 Å². The van der Waals surface area contributed by atoms with Crippen molar-refractivity contribution in [1.82, 2.24) is 9.80 Å². The number of methoxy groups -OCH3 is 4. The second kappa shape index (κ2) is 24.2. The molecule has 0 radical (unpaired) electrons. The summed E-state index contributed by atoms with van der Waals surface area (Å²) in [5, 5.41) is 9.29. The molecule has 64 heavy (non-hydrogen) atoms. The van der Waals surface area contributed by atoms with Gasteiger partial charge in [-0.25, -0.2) is 14.4 Å². The van der Waals surface area contributed by atoms with Crippen molar-refractivity contribution in [1.29, 1.82) is 0 Å². The van der Waals surface area contributed by atoms with Crippen molar-refractivity contribution in [2.45, 2.75) is 50.9 Å². The van der Waals surface area contributed by atoms with Crippen LogP contribution in [-0.4, -0.2) is 132 Å². The maximum atomic E-state index is 12.3. The quantitative estimate of drug-likeness (QED) is 0.0926. The highest BCUT2D eigenvalue weighted by Gasteiger charge is 2.38. The molecule has 4 aromatic rings. The molecule has 0 unspecified atom stereocenters. The fourth-order valence-electron chi connectivity index (χ4n) is 7.42. The number of carbonyl (C=O) groups excluding carboxylic acids is 5. The number of carbonyl (C=O) groups is 6. The number of esters is 2. The third-order valence-corrected chi connectivity index (χ3v) is 10.6. The molecular weight excluding hydrogens is 829 g/mol. The van der Waals surface area contributed by atoms with Crippen molar-refractivity contribution in [3.05, 3.63) is 118 Å². The van der Waals surface area contributed by atoms with E-state index >= 15 is 0 Å². The van der Waals surface area contributed by atoms with Crippen LogP contribution in [0.4, 0.5) is 0 Å². The molecule has 16 heteroatoms. The van der Waals surface area contributed by atoms with E-state index in [4.69, 9.17) is 28.4 Å². The molecule has 4 aromatic carbocycles. The number of hydrogen-bond donors (Lipinski definition) is 1. The monoisotopic (exact) mass is 884 g/mol. The van der Waals surface area contributed by atoms with Gasteiger partial charge in [0.2, 0.25) is 0 Å². The number of nitrogens with zero attached hydrogens (tertiary/aromatic N) is 2. The molecule has 0 amide bonds. The molecule has 4 atom stereocenters. The van der Waals surface area contributed by atoms with Crippen LogP contribution in [0, 0.1) is 13.8 Å². The van der Waals surface area contributed by atoms with Gasteiger partial charge in [0, 0.05) is 35.1 Å². The third kappa shape index (κ3) is 13.4. The van der Waals surface area contributed by atoms with Gasteiger partial charge in [-0.05, 0) is 101 Å². The number of hydrogen-bond acceptors (Lipinski definition) is 15. The smallest absolute Gasteiger partial charge is 0.353 e. The van der Waals surface area contributed by atoms with Crippen LogP contribution in [0.3, 0.4) is 0 Å². The number of likely N-dealkylation sites (N-methyl/N-ethyl adjacent to an activating group) is 2. The summed E-state index contributed by atoms with van der Waals surface area (Å²) in [6.07, 6.45) is -2.30. The SMILES string of the molecule is COc1cc(C)c([C@H]2CCN(C)CC2=O)c(OC)c1.COc1cc(C)c([C@H]2CCN(C)CC2=O)c(OC)c1.O=CO[C@@H](OC(=O)c1ccccc1)[C@H](OC(=O)c1ccccc1)C(=O)O. The number of piperidine rings is 2. The van der Waals surface area contributed by atoms with Gasteiger partial charge in [-0.1, -0.05) is 36.4 Å². The number of rotatable bonds is 14. The average molecular weight is 885 g/mol. The minimum atomic E-state index is -2.04. The van der Waals surface area contributed by atoms with Gasteiger partial charge >= 0.3 is 17.9 Å². The van der Waals surface area contributed by atoms with Crippen molar-refractivity contribution in [3.8, 4) is 23.0 Å². The topological polar surface area (TPSA) is 194 Å². The molecule has 6 rings (SSSR count). The highest BCUT2D eigenvalue weighted by Crippen LogP contribution is 2.39. The lowest BCUT2D eigenvalue weighted by Gasteiger charge is -2.29. The number of aryl methyl sites for hydroxylation is 2. The molecule has 2 fully saturated rings. The Kier molecular flexibility index (Phi) is 18.8. The highest BCUT2D eigenvalue weighted by atomic mass is 16.7. The van der Waals surface area contributed by atoms with Crippen LogP contribution in [0.2, 0.25) is 0 Å². The Bertz CT molecular complexity index is 2140. The Morgan fingerprint density at radius 2 is 1.05 bits per heavy atom. The van der Waals surface area contributed by atoms with Gasteiger partial charge in [0.25, 0.3) is 18.9 Å². The predicted octanol–water partition coefficient (Wildman–Crippen LogP) is 5.65. The lowest BCUT2D eigenvalue weighted by Crippen LogP contribution is -2.42. The molecule has 2 aliphatic heterocycles. The van der Waals surface area contributed by atoms with Crippen molar-refractivity contribution in [2.75, 3.05) is 68.7 Å². The molecule has 2 aliphatic rings. The zero-order valence-electron chi connectivity index (χ0n) is 37.4. The molecule has 1 N–H and O–H groups in total. The van der Waals surface area contributed by atoms with Gasteiger partial charge in [0.05, 0.1) is 52.7 Å². The number of Topliss-reactive ketones (excluding diaryl/α,β-unsaturated/α-hetero) is 2. The number of aliphatic carboxylic acids is 1. The fourth-order valence-corrected chi connectivity index (χ4v) is 7.42. The Morgan fingerprint density at radius 1 is 0.641 bits per heavy atom. The minimum Gasteiger partial charge on any atom is -0.497 e. The Labute approximate surface area is 372 Å². The first-order valence-corrected chi connectivity index (χ1v) is 20.4. The van der Waals surface area contributed by atoms with E-state index < -0.39 is 30.3 Å². The lowest BCUT2D eigenvalue weighted by atomic mass is 9.85. The van der Waals surface area contributed by atoms with Gasteiger partial charge in [0.15, 0.2) is 11.6 Å². The van der Waals surface area contributed by atoms with E-state index in [-0.39, 0.29) is 41.0 Å². The molecule has 2 saturated heterocycles. The summed E-state index contributed by atoms with van der Waals surface area (Å²) >= 11 is 0. The molecule has 2 heterocycles. The van der Waals surface area contributed by atoms with Crippen LogP contribution in [0.25, 0.3) is 0 Å². The second-order valence-electron chi connectivity index (χ2n) is 15.1. The van der Waals surface area contributed by atoms with Gasteiger partial charge in [0.1, 0.15) is 23.0 Å². The molecule has 16 nitrogen and oxygen atoms in total. The summed E-state index contributed by atoms with van der Waals surface area (Å²) in [5.74, 6) is -0.138. The largest absolute Gasteiger partial charge is 0.497 e. The van der Waals surface area contributed by atoms with E-state index in [1.807, 2.05) is 52.2 Å². The summed E-state index contributed by atoms with van der Waals surface area (Å²) < 4.78 is 35.7.